The number of amides is 2. The van der Waals surface area contributed by atoms with E-state index in [0.29, 0.717) is 17.7 Å². The van der Waals surface area contributed by atoms with Crippen LogP contribution in [0.15, 0.2) is 65.6 Å². The molecule has 8 nitrogen and oxygen atoms in total. The number of halogens is 3. The summed E-state index contributed by atoms with van der Waals surface area (Å²) >= 11 is 0. The quantitative estimate of drug-likeness (QED) is 0.521. The Labute approximate surface area is 220 Å². The minimum atomic E-state index is -1.21. The lowest BCUT2D eigenvalue weighted by atomic mass is 10.0. The Morgan fingerprint density at radius 2 is 1.77 bits per heavy atom. The van der Waals surface area contributed by atoms with Crippen LogP contribution in [0.4, 0.5) is 13.2 Å². The number of pyridine rings is 1. The highest BCUT2D eigenvalue weighted by Crippen LogP contribution is 2.31. The average molecular weight is 537 g/mol. The fourth-order valence-corrected chi connectivity index (χ4v) is 4.61. The molecule has 2 bridgehead atoms. The normalized spacial score (nSPS) is 18.0. The molecule has 0 saturated carbocycles. The smallest absolute Gasteiger partial charge is 0.275 e. The number of benzene rings is 2. The van der Waals surface area contributed by atoms with Crippen molar-refractivity contribution in [2.24, 2.45) is 0 Å². The minimum Gasteiger partial charge on any atom is -0.483 e. The largest absolute Gasteiger partial charge is 0.483 e. The van der Waals surface area contributed by atoms with Crippen molar-refractivity contribution in [3.8, 4) is 5.75 Å². The van der Waals surface area contributed by atoms with E-state index in [2.05, 4.69) is 5.32 Å². The maximum absolute atomic E-state index is 14.1. The van der Waals surface area contributed by atoms with Gasteiger partial charge in [0.2, 0.25) is 5.43 Å². The topological polar surface area (TPSA) is 97.7 Å². The van der Waals surface area contributed by atoms with Gasteiger partial charge in [-0.05, 0) is 18.6 Å². The lowest BCUT2D eigenvalue weighted by Crippen LogP contribution is -2.49. The zero-order valence-corrected chi connectivity index (χ0v) is 20.6. The number of ether oxygens (including phenoxy) is 1. The van der Waals surface area contributed by atoms with Gasteiger partial charge in [0, 0.05) is 43.0 Å². The molecule has 1 N–H and O–H groups in total. The Morgan fingerprint density at radius 1 is 1.08 bits per heavy atom. The van der Waals surface area contributed by atoms with Crippen molar-refractivity contribution in [1.29, 1.82) is 0 Å². The predicted molar refractivity (Wildman–Crippen MR) is 133 cm³/mol. The molecule has 0 radical (unpaired) electrons. The summed E-state index contributed by atoms with van der Waals surface area (Å²) in [5.74, 6) is -5.90. The van der Waals surface area contributed by atoms with E-state index in [1.807, 2.05) is 0 Å². The zero-order chi connectivity index (χ0) is 27.8. The number of nitrogens with one attached hydrogen (secondary N) is 1. The van der Waals surface area contributed by atoms with Crippen molar-refractivity contribution in [1.82, 2.24) is 14.8 Å². The first-order valence-corrected chi connectivity index (χ1v) is 12.1. The molecule has 0 spiro atoms. The van der Waals surface area contributed by atoms with Crippen LogP contribution in [-0.2, 0) is 17.9 Å². The number of carbonyl (C=O) groups is 3. The summed E-state index contributed by atoms with van der Waals surface area (Å²) in [5, 5.41) is 2.26. The average Bonchev–Trinajstić information content (AvgIpc) is 3.03. The van der Waals surface area contributed by atoms with E-state index in [-0.39, 0.29) is 24.6 Å². The van der Waals surface area contributed by atoms with Gasteiger partial charge in [0.1, 0.15) is 35.7 Å². The van der Waals surface area contributed by atoms with Crippen LogP contribution in [-0.4, -0.2) is 39.7 Å². The van der Waals surface area contributed by atoms with E-state index in [1.54, 1.807) is 43.3 Å². The molecule has 2 aromatic carbocycles. The summed E-state index contributed by atoms with van der Waals surface area (Å²) in [5.41, 5.74) is -1.54. The molecular weight excluding hydrogens is 515 g/mol. The maximum atomic E-state index is 14.1. The highest BCUT2D eigenvalue weighted by molar-refractivity contribution is 6.03. The van der Waals surface area contributed by atoms with Gasteiger partial charge in [-0.2, -0.15) is 0 Å². The Kier molecular flexibility index (Phi) is 6.81. The van der Waals surface area contributed by atoms with E-state index >= 15 is 0 Å². The van der Waals surface area contributed by atoms with Crippen LogP contribution in [0.3, 0.4) is 0 Å². The Balaban J connectivity index is 1.57. The molecular formula is C28H22F3N3O5. The Morgan fingerprint density at radius 3 is 2.46 bits per heavy atom. The van der Waals surface area contributed by atoms with Crippen molar-refractivity contribution in [3.63, 3.8) is 0 Å². The fraction of sp³-hybridized carbons (Fsp3) is 0.214. The molecule has 0 aliphatic carbocycles. The first-order chi connectivity index (χ1) is 18.7. The van der Waals surface area contributed by atoms with Crippen molar-refractivity contribution in [2.75, 3.05) is 6.54 Å². The molecule has 1 aromatic heterocycles. The minimum absolute atomic E-state index is 0.00684. The number of nitrogens with zero attached hydrogens (tertiary/aromatic N) is 2. The SMILES string of the molecule is CC1C=CC(=O)[C@H]2CN1C(=O)c1c(OCc3ccccc3)c(=O)c(C(=O)NCc3c(F)cc(F)cc3F)cn12. The van der Waals surface area contributed by atoms with Crippen molar-refractivity contribution in [2.45, 2.75) is 32.2 Å². The molecule has 2 amide bonds. The number of hydrogen-bond donors (Lipinski definition) is 1. The number of ketones is 1. The number of carbonyl (C=O) groups excluding carboxylic acids is 3. The van der Waals surface area contributed by atoms with Gasteiger partial charge in [-0.25, -0.2) is 13.2 Å². The summed E-state index contributed by atoms with van der Waals surface area (Å²) in [7, 11) is 0. The summed E-state index contributed by atoms with van der Waals surface area (Å²) in [6.45, 7) is 0.943. The molecule has 2 aliphatic heterocycles. The van der Waals surface area contributed by atoms with Crippen LogP contribution in [0.2, 0.25) is 0 Å². The second-order valence-corrected chi connectivity index (χ2v) is 9.24. The lowest BCUT2D eigenvalue weighted by molar-refractivity contribution is -0.118. The third-order valence-corrected chi connectivity index (χ3v) is 6.72. The highest BCUT2D eigenvalue weighted by atomic mass is 19.1. The second kappa shape index (κ2) is 10.2. The molecule has 0 fully saturated rings. The molecule has 3 heterocycles. The van der Waals surface area contributed by atoms with E-state index in [9.17, 15) is 32.3 Å². The number of fused-ring (bicyclic) bond motifs is 4. The van der Waals surface area contributed by atoms with Crippen LogP contribution in [0.1, 0.15) is 44.9 Å². The van der Waals surface area contributed by atoms with Gasteiger partial charge >= 0.3 is 0 Å². The standard InChI is InChI=1S/C28H22F3N3O5/c1-15-7-8-23(35)22-13-33(15)28(38)24-26(39-14-16-5-3-2-4-6-16)25(36)19(12-34(22)24)27(37)32-11-18-20(30)9-17(29)10-21(18)31/h2-10,12,15,22H,11,13-14H2,1H3,(H,32,37)/t15?,22-/m1/s1. The van der Waals surface area contributed by atoms with E-state index in [1.165, 1.54) is 15.5 Å². The van der Waals surface area contributed by atoms with Gasteiger partial charge in [-0.15, -0.1) is 0 Å². The summed E-state index contributed by atoms with van der Waals surface area (Å²) in [6, 6.07) is 8.37. The number of rotatable bonds is 6. The van der Waals surface area contributed by atoms with Gasteiger partial charge in [-0.3, -0.25) is 19.2 Å². The lowest BCUT2D eigenvalue weighted by Gasteiger charge is -2.36. The summed E-state index contributed by atoms with van der Waals surface area (Å²) in [4.78, 5) is 54.5. The molecule has 2 atom stereocenters. The summed E-state index contributed by atoms with van der Waals surface area (Å²) < 4.78 is 48.5. The van der Waals surface area contributed by atoms with Gasteiger partial charge in [0.25, 0.3) is 11.8 Å². The van der Waals surface area contributed by atoms with Crippen LogP contribution < -0.4 is 15.5 Å². The van der Waals surface area contributed by atoms with Crippen LogP contribution in [0.5, 0.6) is 5.75 Å². The molecule has 200 valence electrons. The van der Waals surface area contributed by atoms with Crippen molar-refractivity contribution >= 4 is 17.6 Å². The molecule has 39 heavy (non-hydrogen) atoms. The van der Waals surface area contributed by atoms with Gasteiger partial charge in [0.15, 0.2) is 17.2 Å². The number of aromatic nitrogens is 1. The van der Waals surface area contributed by atoms with Crippen LogP contribution in [0.25, 0.3) is 0 Å². The molecule has 3 aromatic rings. The third kappa shape index (κ3) is 4.83. The summed E-state index contributed by atoms with van der Waals surface area (Å²) in [6.07, 6.45) is 4.01. The second-order valence-electron chi connectivity index (χ2n) is 9.24. The van der Waals surface area contributed by atoms with E-state index in [0.717, 1.165) is 6.20 Å². The van der Waals surface area contributed by atoms with Gasteiger partial charge in [0.05, 0.1) is 0 Å². The highest BCUT2D eigenvalue weighted by Gasteiger charge is 2.41. The van der Waals surface area contributed by atoms with Gasteiger partial charge in [-0.1, -0.05) is 36.4 Å². The molecule has 1 unspecified atom stereocenters. The van der Waals surface area contributed by atoms with Gasteiger partial charge < -0.3 is 19.5 Å². The molecule has 0 saturated heterocycles. The Bertz CT molecular complexity index is 1560. The van der Waals surface area contributed by atoms with Crippen LogP contribution >= 0.6 is 0 Å². The maximum Gasteiger partial charge on any atom is 0.275 e. The zero-order valence-electron chi connectivity index (χ0n) is 20.6. The predicted octanol–water partition coefficient (Wildman–Crippen LogP) is 3.30. The van der Waals surface area contributed by atoms with Crippen LogP contribution in [0, 0.1) is 17.5 Å². The molecule has 5 rings (SSSR count). The van der Waals surface area contributed by atoms with E-state index < -0.39 is 70.2 Å². The fourth-order valence-electron chi connectivity index (χ4n) is 4.61. The van der Waals surface area contributed by atoms with E-state index in [4.69, 9.17) is 4.74 Å². The third-order valence-electron chi connectivity index (χ3n) is 6.72. The Hall–Kier alpha value is -4.67. The van der Waals surface area contributed by atoms with Crippen molar-refractivity contribution in [3.05, 3.63) is 111 Å². The monoisotopic (exact) mass is 537 g/mol. The number of hydrogen-bond acceptors (Lipinski definition) is 5. The molecule has 11 heteroatoms. The van der Waals surface area contributed by atoms with Crippen molar-refractivity contribution < 1.29 is 32.3 Å². The number of allylic oxidation sites excluding steroid dienone is 1. The first-order valence-electron chi connectivity index (χ1n) is 12.1. The molecule has 2 aliphatic rings. The first kappa shape index (κ1) is 26.0.